The van der Waals surface area contributed by atoms with Gasteiger partial charge < -0.3 is 5.73 Å². The predicted octanol–water partition coefficient (Wildman–Crippen LogP) is 0.560. The lowest BCUT2D eigenvalue weighted by Gasteiger charge is -2.35. The molecule has 2 aliphatic heterocycles. The number of hydrogen-bond acceptors (Lipinski definition) is 3. The summed E-state index contributed by atoms with van der Waals surface area (Å²) in [6.07, 6.45) is 3.86. The van der Waals surface area contributed by atoms with Crippen molar-refractivity contribution in [2.75, 3.05) is 19.6 Å². The van der Waals surface area contributed by atoms with E-state index in [0.717, 1.165) is 25.7 Å². The first kappa shape index (κ1) is 15.2. The number of hydrogen-bond donors (Lipinski definition) is 1. The maximum absolute atomic E-state index is 12.3. The fourth-order valence-corrected chi connectivity index (χ4v) is 4.46. The van der Waals surface area contributed by atoms with Crippen LogP contribution in [-0.2, 0) is 10.2 Å². The van der Waals surface area contributed by atoms with Crippen LogP contribution in [0, 0.1) is 0 Å². The summed E-state index contributed by atoms with van der Waals surface area (Å²) in [6.45, 7) is 3.71. The lowest BCUT2D eigenvalue weighted by Crippen LogP contribution is -2.49. The molecule has 0 spiro atoms. The first-order valence-electron chi connectivity index (χ1n) is 6.04. The third-order valence-electron chi connectivity index (χ3n) is 3.55. The van der Waals surface area contributed by atoms with Crippen LogP contribution >= 0.6 is 12.4 Å². The Labute approximate surface area is 110 Å². The number of rotatable bonds is 2. The molecule has 0 aliphatic carbocycles. The van der Waals surface area contributed by atoms with Gasteiger partial charge in [-0.05, 0) is 26.2 Å². The van der Waals surface area contributed by atoms with Crippen LogP contribution in [0.3, 0.4) is 0 Å². The van der Waals surface area contributed by atoms with Gasteiger partial charge in [-0.2, -0.15) is 17.0 Å². The van der Waals surface area contributed by atoms with Crippen LogP contribution in [-0.4, -0.2) is 48.7 Å². The SMILES string of the molecule is CC1CCCCN1S(=O)(=O)N1CC[C@H](N)C1.Cl. The number of nitrogens with two attached hydrogens (primary N) is 1. The molecule has 0 amide bonds. The van der Waals surface area contributed by atoms with Gasteiger partial charge in [-0.25, -0.2) is 0 Å². The highest BCUT2D eigenvalue weighted by Gasteiger charge is 2.37. The minimum atomic E-state index is -3.26. The minimum absolute atomic E-state index is 0. The van der Waals surface area contributed by atoms with Crippen molar-refractivity contribution < 1.29 is 8.42 Å². The fraction of sp³-hybridized carbons (Fsp3) is 1.00. The van der Waals surface area contributed by atoms with Crippen molar-refractivity contribution in [1.29, 1.82) is 0 Å². The third-order valence-corrected chi connectivity index (χ3v) is 5.67. The molecule has 17 heavy (non-hydrogen) atoms. The van der Waals surface area contributed by atoms with Gasteiger partial charge >= 0.3 is 0 Å². The highest BCUT2D eigenvalue weighted by Crippen LogP contribution is 2.24. The van der Waals surface area contributed by atoms with E-state index in [1.807, 2.05) is 6.92 Å². The molecule has 2 atom stereocenters. The van der Waals surface area contributed by atoms with E-state index in [0.29, 0.717) is 19.6 Å². The molecule has 0 saturated carbocycles. The Morgan fingerprint density at radius 3 is 2.41 bits per heavy atom. The summed E-state index contributed by atoms with van der Waals surface area (Å²) < 4.78 is 27.9. The van der Waals surface area contributed by atoms with E-state index in [9.17, 15) is 8.42 Å². The average Bonchev–Trinajstić information content (AvgIpc) is 2.66. The van der Waals surface area contributed by atoms with E-state index >= 15 is 0 Å². The van der Waals surface area contributed by atoms with E-state index in [1.54, 1.807) is 8.61 Å². The molecule has 0 aromatic carbocycles. The van der Waals surface area contributed by atoms with Crippen LogP contribution in [0.1, 0.15) is 32.6 Å². The van der Waals surface area contributed by atoms with Gasteiger partial charge in [0.1, 0.15) is 0 Å². The smallest absolute Gasteiger partial charge is 0.282 e. The molecule has 5 nitrogen and oxygen atoms in total. The predicted molar refractivity (Wildman–Crippen MR) is 70.4 cm³/mol. The van der Waals surface area contributed by atoms with Crippen molar-refractivity contribution in [3.05, 3.63) is 0 Å². The van der Waals surface area contributed by atoms with Gasteiger partial charge in [-0.3, -0.25) is 0 Å². The van der Waals surface area contributed by atoms with Gasteiger partial charge in [0, 0.05) is 31.7 Å². The molecule has 2 saturated heterocycles. The maximum atomic E-state index is 12.3. The monoisotopic (exact) mass is 283 g/mol. The zero-order chi connectivity index (χ0) is 11.8. The molecule has 2 heterocycles. The van der Waals surface area contributed by atoms with E-state index in [1.165, 1.54) is 0 Å². The minimum Gasteiger partial charge on any atom is -0.326 e. The van der Waals surface area contributed by atoms with Crippen LogP contribution in [0.2, 0.25) is 0 Å². The molecule has 2 fully saturated rings. The van der Waals surface area contributed by atoms with Crippen molar-refractivity contribution in [1.82, 2.24) is 8.61 Å². The lowest BCUT2D eigenvalue weighted by atomic mass is 10.1. The van der Waals surface area contributed by atoms with E-state index < -0.39 is 10.2 Å². The molecule has 0 bridgehead atoms. The highest BCUT2D eigenvalue weighted by molar-refractivity contribution is 7.86. The van der Waals surface area contributed by atoms with Crippen molar-refractivity contribution in [3.63, 3.8) is 0 Å². The van der Waals surface area contributed by atoms with Crippen LogP contribution in [0.5, 0.6) is 0 Å². The van der Waals surface area contributed by atoms with Gasteiger partial charge in [0.15, 0.2) is 0 Å². The highest BCUT2D eigenvalue weighted by atomic mass is 35.5. The Balaban J connectivity index is 0.00000144. The maximum Gasteiger partial charge on any atom is 0.282 e. The third kappa shape index (κ3) is 3.12. The Hall–Kier alpha value is 0.120. The van der Waals surface area contributed by atoms with Crippen LogP contribution in [0.25, 0.3) is 0 Å². The summed E-state index contributed by atoms with van der Waals surface area (Å²) in [5.41, 5.74) is 5.76. The van der Waals surface area contributed by atoms with Crippen LogP contribution < -0.4 is 5.73 Å². The van der Waals surface area contributed by atoms with E-state index in [4.69, 9.17) is 5.73 Å². The largest absolute Gasteiger partial charge is 0.326 e. The van der Waals surface area contributed by atoms with Crippen molar-refractivity contribution >= 4 is 22.6 Å². The number of piperidine rings is 1. The molecule has 102 valence electrons. The molecule has 7 heteroatoms. The molecule has 2 aliphatic rings. The van der Waals surface area contributed by atoms with Crippen LogP contribution in [0.15, 0.2) is 0 Å². The average molecular weight is 284 g/mol. The van der Waals surface area contributed by atoms with Gasteiger partial charge in [0.05, 0.1) is 0 Å². The summed E-state index contributed by atoms with van der Waals surface area (Å²) in [6, 6.07) is 0.144. The first-order valence-corrected chi connectivity index (χ1v) is 7.44. The number of halogens is 1. The lowest BCUT2D eigenvalue weighted by molar-refractivity contribution is 0.250. The molecule has 0 aromatic heterocycles. The zero-order valence-electron chi connectivity index (χ0n) is 10.2. The van der Waals surface area contributed by atoms with E-state index in [2.05, 4.69) is 0 Å². The summed E-state index contributed by atoms with van der Waals surface area (Å²) in [5.74, 6) is 0. The first-order chi connectivity index (χ1) is 7.51. The zero-order valence-corrected chi connectivity index (χ0v) is 11.8. The molecule has 2 rings (SSSR count). The quantitative estimate of drug-likeness (QED) is 0.805. The Kier molecular flexibility index (Phi) is 5.21. The summed E-state index contributed by atoms with van der Waals surface area (Å²) in [7, 11) is -3.26. The van der Waals surface area contributed by atoms with Gasteiger partial charge in [-0.15, -0.1) is 12.4 Å². The van der Waals surface area contributed by atoms with Gasteiger partial charge in [0.25, 0.3) is 10.2 Å². The molecule has 0 radical (unpaired) electrons. The molecule has 0 aromatic rings. The summed E-state index contributed by atoms with van der Waals surface area (Å²) >= 11 is 0. The Morgan fingerprint density at radius 2 is 1.88 bits per heavy atom. The van der Waals surface area contributed by atoms with Gasteiger partial charge in [0.2, 0.25) is 0 Å². The second-order valence-electron chi connectivity index (χ2n) is 4.87. The number of nitrogens with zero attached hydrogens (tertiary/aromatic N) is 2. The molecular weight excluding hydrogens is 262 g/mol. The second kappa shape index (κ2) is 5.84. The standard InChI is InChI=1S/C10H21N3O2S.ClH/c1-9-4-2-3-6-13(9)16(14,15)12-7-5-10(11)8-12;/h9-10H,2-8,11H2,1H3;1H/t9?,10-;/m0./s1. The Bertz CT molecular complexity index is 349. The van der Waals surface area contributed by atoms with Crippen LogP contribution in [0.4, 0.5) is 0 Å². The van der Waals surface area contributed by atoms with E-state index in [-0.39, 0.29) is 24.5 Å². The molecule has 1 unspecified atom stereocenters. The second-order valence-corrected chi connectivity index (χ2v) is 6.75. The van der Waals surface area contributed by atoms with Crippen molar-refractivity contribution in [3.8, 4) is 0 Å². The normalized spacial score (nSPS) is 32.4. The fourth-order valence-electron chi connectivity index (χ4n) is 2.53. The van der Waals surface area contributed by atoms with Gasteiger partial charge in [-0.1, -0.05) is 6.42 Å². The van der Waals surface area contributed by atoms with Crippen molar-refractivity contribution in [2.24, 2.45) is 5.73 Å². The van der Waals surface area contributed by atoms with Crippen molar-refractivity contribution in [2.45, 2.75) is 44.7 Å². The Morgan fingerprint density at radius 1 is 1.18 bits per heavy atom. The summed E-state index contributed by atoms with van der Waals surface area (Å²) in [4.78, 5) is 0. The summed E-state index contributed by atoms with van der Waals surface area (Å²) in [5, 5.41) is 0. The molecular formula is C10H22ClN3O2S. The molecule has 2 N–H and O–H groups in total. The topological polar surface area (TPSA) is 66.6 Å².